The molecule has 1 amide bonds. The van der Waals surface area contributed by atoms with E-state index in [0.717, 1.165) is 18.3 Å². The zero-order valence-corrected chi connectivity index (χ0v) is 11.6. The first-order chi connectivity index (χ1) is 9.77. The van der Waals surface area contributed by atoms with Crippen LogP contribution >= 0.6 is 23.2 Å². The van der Waals surface area contributed by atoms with Crippen molar-refractivity contribution >= 4 is 34.8 Å². The highest BCUT2D eigenvalue weighted by Gasteiger charge is 2.34. The Labute approximate surface area is 126 Å². The number of nitrogens with zero attached hydrogens (tertiary/aromatic N) is 2. The van der Waals surface area contributed by atoms with E-state index in [-0.39, 0.29) is 15.9 Å². The normalized spacial score (nSPS) is 11.3. The fraction of sp³-hybridized carbons (Fsp3) is 0.0833. The van der Waals surface area contributed by atoms with Gasteiger partial charge in [0.1, 0.15) is 10.8 Å². The van der Waals surface area contributed by atoms with Crippen molar-refractivity contribution in [2.24, 2.45) is 0 Å². The van der Waals surface area contributed by atoms with E-state index < -0.39 is 23.3 Å². The average molecular weight is 336 g/mol. The van der Waals surface area contributed by atoms with Crippen molar-refractivity contribution in [1.29, 1.82) is 0 Å². The minimum Gasteiger partial charge on any atom is -0.320 e. The molecule has 0 saturated heterocycles. The number of aromatic nitrogens is 2. The lowest BCUT2D eigenvalue weighted by molar-refractivity contribution is -0.136. The molecular formula is C12H6Cl2F3N3O. The van der Waals surface area contributed by atoms with E-state index in [1.807, 2.05) is 0 Å². The minimum atomic E-state index is -4.66. The van der Waals surface area contributed by atoms with E-state index in [4.69, 9.17) is 23.2 Å². The van der Waals surface area contributed by atoms with E-state index in [2.05, 4.69) is 15.3 Å². The summed E-state index contributed by atoms with van der Waals surface area (Å²) >= 11 is 11.1. The second kappa shape index (κ2) is 5.87. The molecule has 1 aromatic heterocycles. The van der Waals surface area contributed by atoms with E-state index >= 15 is 0 Å². The van der Waals surface area contributed by atoms with E-state index in [0.29, 0.717) is 0 Å². The van der Waals surface area contributed by atoms with Crippen molar-refractivity contribution in [2.75, 3.05) is 5.32 Å². The van der Waals surface area contributed by atoms with Gasteiger partial charge in [-0.1, -0.05) is 23.2 Å². The number of amides is 1. The molecule has 2 aromatic rings. The van der Waals surface area contributed by atoms with Gasteiger partial charge in [-0.3, -0.25) is 9.78 Å². The van der Waals surface area contributed by atoms with E-state index in [1.54, 1.807) is 0 Å². The van der Waals surface area contributed by atoms with Gasteiger partial charge in [-0.25, -0.2) is 4.98 Å². The topological polar surface area (TPSA) is 54.9 Å². The van der Waals surface area contributed by atoms with Crippen molar-refractivity contribution in [2.45, 2.75) is 6.18 Å². The maximum absolute atomic E-state index is 12.9. The first kappa shape index (κ1) is 15.5. The molecule has 0 aliphatic rings. The molecule has 0 aliphatic carbocycles. The molecule has 110 valence electrons. The van der Waals surface area contributed by atoms with Crippen LogP contribution in [-0.2, 0) is 6.18 Å². The second-order valence-corrected chi connectivity index (χ2v) is 4.69. The Morgan fingerprint density at radius 3 is 2.52 bits per heavy atom. The van der Waals surface area contributed by atoms with Gasteiger partial charge in [0.15, 0.2) is 0 Å². The molecule has 1 heterocycles. The molecule has 0 bridgehead atoms. The summed E-state index contributed by atoms with van der Waals surface area (Å²) in [6.45, 7) is 0. The number of hydrogen-bond acceptors (Lipinski definition) is 3. The number of carbonyl (C=O) groups excluding carboxylic acids is 1. The van der Waals surface area contributed by atoms with Gasteiger partial charge in [0.2, 0.25) is 0 Å². The molecular weight excluding hydrogens is 330 g/mol. The lowest BCUT2D eigenvalue weighted by Crippen LogP contribution is -2.18. The zero-order valence-electron chi connectivity index (χ0n) is 10.1. The molecule has 2 rings (SSSR count). The summed E-state index contributed by atoms with van der Waals surface area (Å²) in [6.07, 6.45) is -2.38. The monoisotopic (exact) mass is 335 g/mol. The van der Waals surface area contributed by atoms with Crippen LogP contribution in [0.25, 0.3) is 0 Å². The fourth-order valence-electron chi connectivity index (χ4n) is 1.50. The predicted molar refractivity (Wildman–Crippen MR) is 71.4 cm³/mol. The van der Waals surface area contributed by atoms with Crippen molar-refractivity contribution in [1.82, 2.24) is 9.97 Å². The second-order valence-electron chi connectivity index (χ2n) is 3.87. The smallest absolute Gasteiger partial charge is 0.320 e. The molecule has 0 fully saturated rings. The van der Waals surface area contributed by atoms with Gasteiger partial charge in [-0.2, -0.15) is 13.2 Å². The zero-order chi connectivity index (χ0) is 15.6. The highest BCUT2D eigenvalue weighted by atomic mass is 35.5. The Bertz CT molecular complexity index is 692. The third-order valence-corrected chi connectivity index (χ3v) is 2.79. The SMILES string of the molecule is O=C(Nc1ccc(Cl)cc1C(F)(F)F)c1cncc(Cl)n1. The summed E-state index contributed by atoms with van der Waals surface area (Å²) in [4.78, 5) is 19.2. The van der Waals surface area contributed by atoms with Gasteiger partial charge in [-0.05, 0) is 18.2 Å². The van der Waals surface area contributed by atoms with Gasteiger partial charge >= 0.3 is 6.18 Å². The third kappa shape index (κ3) is 3.83. The Kier molecular flexibility index (Phi) is 4.34. The van der Waals surface area contributed by atoms with Gasteiger partial charge in [0, 0.05) is 5.02 Å². The molecule has 0 aliphatic heterocycles. The van der Waals surface area contributed by atoms with Crippen LogP contribution in [-0.4, -0.2) is 15.9 Å². The molecule has 0 atom stereocenters. The Morgan fingerprint density at radius 1 is 1.19 bits per heavy atom. The minimum absolute atomic E-state index is 0.0465. The number of hydrogen-bond donors (Lipinski definition) is 1. The molecule has 1 aromatic carbocycles. The highest BCUT2D eigenvalue weighted by molar-refractivity contribution is 6.30. The van der Waals surface area contributed by atoms with E-state index in [9.17, 15) is 18.0 Å². The molecule has 4 nitrogen and oxygen atoms in total. The molecule has 0 unspecified atom stereocenters. The third-order valence-electron chi connectivity index (χ3n) is 2.37. The van der Waals surface area contributed by atoms with Crippen LogP contribution in [0.2, 0.25) is 10.2 Å². The van der Waals surface area contributed by atoms with Crippen molar-refractivity contribution < 1.29 is 18.0 Å². The first-order valence-corrected chi connectivity index (χ1v) is 6.18. The average Bonchev–Trinajstić information content (AvgIpc) is 2.39. The summed E-state index contributed by atoms with van der Waals surface area (Å²) in [5.41, 5.74) is -1.69. The molecule has 1 N–H and O–H groups in total. The summed E-state index contributed by atoms with van der Waals surface area (Å²) in [6, 6.07) is 3.01. The van der Waals surface area contributed by atoms with Crippen molar-refractivity contribution in [3.05, 3.63) is 52.0 Å². The molecule has 21 heavy (non-hydrogen) atoms. The van der Waals surface area contributed by atoms with Crippen LogP contribution in [0, 0.1) is 0 Å². The number of carbonyl (C=O) groups is 1. The fourth-order valence-corrected chi connectivity index (χ4v) is 1.82. The lowest BCUT2D eigenvalue weighted by atomic mass is 10.1. The number of nitrogens with one attached hydrogen (secondary N) is 1. The number of benzene rings is 1. The summed E-state index contributed by atoms with van der Waals surface area (Å²) in [7, 11) is 0. The largest absolute Gasteiger partial charge is 0.418 e. The highest BCUT2D eigenvalue weighted by Crippen LogP contribution is 2.36. The summed E-state index contributed by atoms with van der Waals surface area (Å²) in [5.74, 6) is -0.863. The van der Waals surface area contributed by atoms with Gasteiger partial charge in [-0.15, -0.1) is 0 Å². The van der Waals surface area contributed by atoms with Gasteiger partial charge in [0.05, 0.1) is 23.6 Å². The van der Waals surface area contributed by atoms with Gasteiger partial charge < -0.3 is 5.32 Å². The molecule has 0 spiro atoms. The Balaban J connectivity index is 2.34. The number of halogens is 5. The van der Waals surface area contributed by atoms with Crippen LogP contribution in [0.3, 0.4) is 0 Å². The molecule has 9 heteroatoms. The number of alkyl halides is 3. The van der Waals surface area contributed by atoms with Crippen LogP contribution in [0.15, 0.2) is 30.6 Å². The van der Waals surface area contributed by atoms with Gasteiger partial charge in [0.25, 0.3) is 5.91 Å². The van der Waals surface area contributed by atoms with Crippen molar-refractivity contribution in [3.8, 4) is 0 Å². The summed E-state index contributed by atoms with van der Waals surface area (Å²) < 4.78 is 38.7. The van der Waals surface area contributed by atoms with Crippen molar-refractivity contribution in [3.63, 3.8) is 0 Å². The van der Waals surface area contributed by atoms with E-state index in [1.165, 1.54) is 12.3 Å². The lowest BCUT2D eigenvalue weighted by Gasteiger charge is -2.13. The number of rotatable bonds is 2. The van der Waals surface area contributed by atoms with Crippen LogP contribution in [0.4, 0.5) is 18.9 Å². The Morgan fingerprint density at radius 2 is 1.90 bits per heavy atom. The predicted octanol–water partition coefficient (Wildman–Crippen LogP) is 4.05. The number of anilines is 1. The Hall–Kier alpha value is -1.86. The quantitative estimate of drug-likeness (QED) is 0.900. The standard InChI is InChI=1S/C12H6Cl2F3N3O/c13-6-1-2-8(7(3-6)12(15,16)17)20-11(21)9-4-18-5-10(14)19-9/h1-5H,(H,20,21). The maximum Gasteiger partial charge on any atom is 0.418 e. The first-order valence-electron chi connectivity index (χ1n) is 5.43. The molecule has 0 saturated carbocycles. The van der Waals surface area contributed by atoms with Crippen LogP contribution in [0.1, 0.15) is 16.1 Å². The molecule has 0 radical (unpaired) electrons. The van der Waals surface area contributed by atoms with Crippen LogP contribution in [0.5, 0.6) is 0 Å². The summed E-state index contributed by atoms with van der Waals surface area (Å²) in [5, 5.41) is 1.97. The maximum atomic E-state index is 12.9. The van der Waals surface area contributed by atoms with Crippen LogP contribution < -0.4 is 5.32 Å².